The molecule has 0 bridgehead atoms. The van der Waals surface area contributed by atoms with E-state index in [0.29, 0.717) is 18.0 Å². The van der Waals surface area contributed by atoms with Gasteiger partial charge in [0.25, 0.3) is 5.91 Å². The number of aryl methyl sites for hydroxylation is 3. The second-order valence-corrected chi connectivity index (χ2v) is 6.29. The molecular weight excluding hydrogens is 292 g/mol. The van der Waals surface area contributed by atoms with Gasteiger partial charge in [-0.05, 0) is 33.3 Å². The zero-order valence-electron chi connectivity index (χ0n) is 14.3. The monoisotopic (exact) mass is 316 g/mol. The quantitative estimate of drug-likeness (QED) is 0.866. The molecule has 0 saturated carbocycles. The van der Waals surface area contributed by atoms with Crippen LogP contribution in [-0.2, 0) is 11.8 Å². The van der Waals surface area contributed by atoms with E-state index in [1.807, 2.05) is 38.8 Å². The Balaban J connectivity index is 1.98. The Kier molecular flexibility index (Phi) is 4.35. The van der Waals surface area contributed by atoms with Gasteiger partial charge in [0.15, 0.2) is 5.65 Å². The minimum Gasteiger partial charge on any atom is -0.381 e. The first-order valence-electron chi connectivity index (χ1n) is 8.19. The molecule has 0 N–H and O–H groups in total. The van der Waals surface area contributed by atoms with E-state index < -0.39 is 0 Å². The first kappa shape index (κ1) is 15.9. The van der Waals surface area contributed by atoms with E-state index in [1.165, 1.54) is 0 Å². The second-order valence-electron chi connectivity index (χ2n) is 6.29. The molecule has 0 unspecified atom stereocenters. The third kappa shape index (κ3) is 2.95. The zero-order valence-corrected chi connectivity index (χ0v) is 14.3. The van der Waals surface area contributed by atoms with Crippen molar-refractivity contribution >= 4 is 16.9 Å². The van der Waals surface area contributed by atoms with Crippen LogP contribution in [0.2, 0.25) is 0 Å². The fourth-order valence-corrected chi connectivity index (χ4v) is 3.30. The van der Waals surface area contributed by atoms with Gasteiger partial charge in [-0.2, -0.15) is 5.10 Å². The van der Waals surface area contributed by atoms with E-state index in [2.05, 4.69) is 10.1 Å². The van der Waals surface area contributed by atoms with Gasteiger partial charge in [-0.25, -0.2) is 4.98 Å². The van der Waals surface area contributed by atoms with Crippen LogP contribution in [0.5, 0.6) is 0 Å². The molecule has 0 aliphatic carbocycles. The minimum absolute atomic E-state index is 0.0611. The topological polar surface area (TPSA) is 60.2 Å². The molecule has 1 saturated heterocycles. The first-order chi connectivity index (χ1) is 11.0. The Morgan fingerprint density at radius 1 is 1.48 bits per heavy atom. The third-order valence-electron chi connectivity index (χ3n) is 4.50. The van der Waals surface area contributed by atoms with E-state index in [9.17, 15) is 4.79 Å². The Bertz CT molecular complexity index is 732. The lowest BCUT2D eigenvalue weighted by Gasteiger charge is -2.24. The Morgan fingerprint density at radius 2 is 2.26 bits per heavy atom. The van der Waals surface area contributed by atoms with E-state index in [0.717, 1.165) is 48.6 Å². The van der Waals surface area contributed by atoms with Gasteiger partial charge in [0.1, 0.15) is 0 Å². The third-order valence-corrected chi connectivity index (χ3v) is 4.50. The number of carbonyl (C=O) groups is 1. The van der Waals surface area contributed by atoms with Crippen LogP contribution in [0.15, 0.2) is 6.07 Å². The smallest absolute Gasteiger partial charge is 0.254 e. The number of amides is 1. The number of hydrogen-bond donors (Lipinski definition) is 0. The Morgan fingerprint density at radius 3 is 2.91 bits per heavy atom. The van der Waals surface area contributed by atoms with Gasteiger partial charge in [0.05, 0.1) is 23.3 Å². The highest BCUT2D eigenvalue weighted by Gasteiger charge is 2.25. The molecule has 1 atom stereocenters. The predicted molar refractivity (Wildman–Crippen MR) is 88.5 cm³/mol. The van der Waals surface area contributed by atoms with Crippen molar-refractivity contribution in [3.8, 4) is 0 Å². The second kappa shape index (κ2) is 6.28. The summed E-state index contributed by atoms with van der Waals surface area (Å²) in [4.78, 5) is 19.6. The number of pyridine rings is 1. The van der Waals surface area contributed by atoms with Gasteiger partial charge in [0.2, 0.25) is 0 Å². The van der Waals surface area contributed by atoms with Gasteiger partial charge in [-0.3, -0.25) is 9.48 Å². The van der Waals surface area contributed by atoms with Crippen molar-refractivity contribution in [3.05, 3.63) is 23.0 Å². The van der Waals surface area contributed by atoms with Crippen LogP contribution in [0.3, 0.4) is 0 Å². The van der Waals surface area contributed by atoms with E-state index in [4.69, 9.17) is 4.74 Å². The summed E-state index contributed by atoms with van der Waals surface area (Å²) in [5.41, 5.74) is 3.16. The SMILES string of the molecule is CCN(C[C@@H]1CCOC1)C(=O)c1cc(C)nc2c1c(C)nn2C. The number of nitrogens with zero attached hydrogens (tertiary/aromatic N) is 4. The van der Waals surface area contributed by atoms with Crippen LogP contribution in [0.4, 0.5) is 0 Å². The standard InChI is InChI=1S/C17H24N4O2/c1-5-21(9-13-6-7-23-10-13)17(22)14-8-11(2)18-16-15(14)12(3)19-20(16)4/h8,13H,5-7,9-10H2,1-4H3/t13-/m0/s1. The molecule has 1 aliphatic rings. The summed E-state index contributed by atoms with van der Waals surface area (Å²) in [6.07, 6.45) is 1.03. The number of ether oxygens (including phenoxy) is 1. The van der Waals surface area contributed by atoms with Gasteiger partial charge in [0, 0.05) is 38.4 Å². The molecule has 3 rings (SSSR count). The van der Waals surface area contributed by atoms with Crippen molar-refractivity contribution in [1.29, 1.82) is 0 Å². The van der Waals surface area contributed by atoms with E-state index >= 15 is 0 Å². The maximum Gasteiger partial charge on any atom is 0.254 e. The summed E-state index contributed by atoms with van der Waals surface area (Å²) >= 11 is 0. The van der Waals surface area contributed by atoms with Crippen LogP contribution in [-0.4, -0.2) is 51.9 Å². The molecule has 1 aliphatic heterocycles. The number of hydrogen-bond acceptors (Lipinski definition) is 4. The lowest BCUT2D eigenvalue weighted by Crippen LogP contribution is -2.35. The average molecular weight is 316 g/mol. The van der Waals surface area contributed by atoms with E-state index in [1.54, 1.807) is 4.68 Å². The molecule has 3 heterocycles. The van der Waals surface area contributed by atoms with Crippen molar-refractivity contribution in [3.63, 3.8) is 0 Å². The number of carbonyl (C=O) groups excluding carboxylic acids is 1. The lowest BCUT2D eigenvalue weighted by molar-refractivity contribution is 0.0732. The molecule has 0 aromatic carbocycles. The van der Waals surface area contributed by atoms with Crippen LogP contribution >= 0.6 is 0 Å². The van der Waals surface area contributed by atoms with Crippen molar-refractivity contribution in [2.75, 3.05) is 26.3 Å². The van der Waals surface area contributed by atoms with Crippen molar-refractivity contribution in [2.45, 2.75) is 27.2 Å². The minimum atomic E-state index is 0.0611. The number of rotatable bonds is 4. The van der Waals surface area contributed by atoms with E-state index in [-0.39, 0.29) is 5.91 Å². The highest BCUT2D eigenvalue weighted by molar-refractivity contribution is 6.06. The summed E-state index contributed by atoms with van der Waals surface area (Å²) in [5.74, 6) is 0.498. The molecule has 23 heavy (non-hydrogen) atoms. The largest absolute Gasteiger partial charge is 0.381 e. The Labute approximate surface area is 136 Å². The lowest BCUT2D eigenvalue weighted by atomic mass is 10.1. The molecule has 2 aromatic rings. The maximum atomic E-state index is 13.1. The first-order valence-corrected chi connectivity index (χ1v) is 8.19. The van der Waals surface area contributed by atoms with Crippen molar-refractivity contribution < 1.29 is 9.53 Å². The summed E-state index contributed by atoms with van der Waals surface area (Å²) in [5, 5.41) is 5.29. The number of aromatic nitrogens is 3. The van der Waals surface area contributed by atoms with Crippen LogP contribution in [0.1, 0.15) is 35.1 Å². The molecule has 1 amide bonds. The summed E-state index contributed by atoms with van der Waals surface area (Å²) in [6, 6.07) is 1.88. The zero-order chi connectivity index (χ0) is 16.6. The molecule has 1 fully saturated rings. The molecule has 6 nitrogen and oxygen atoms in total. The van der Waals surface area contributed by atoms with Crippen LogP contribution in [0.25, 0.3) is 11.0 Å². The molecule has 124 valence electrons. The van der Waals surface area contributed by atoms with Gasteiger partial charge >= 0.3 is 0 Å². The maximum absolute atomic E-state index is 13.1. The Hall–Kier alpha value is -1.95. The fraction of sp³-hybridized carbons (Fsp3) is 0.588. The highest BCUT2D eigenvalue weighted by Crippen LogP contribution is 2.24. The molecule has 2 aromatic heterocycles. The van der Waals surface area contributed by atoms with Gasteiger partial charge in [-0.1, -0.05) is 0 Å². The molecule has 0 radical (unpaired) electrons. The predicted octanol–water partition coefficient (Wildman–Crippen LogP) is 2.08. The summed E-state index contributed by atoms with van der Waals surface area (Å²) in [6.45, 7) is 8.86. The molecule has 0 spiro atoms. The van der Waals surface area contributed by atoms with Crippen molar-refractivity contribution in [1.82, 2.24) is 19.7 Å². The normalized spacial score (nSPS) is 17.8. The average Bonchev–Trinajstić information content (AvgIpc) is 3.12. The van der Waals surface area contributed by atoms with Gasteiger partial charge in [-0.15, -0.1) is 0 Å². The van der Waals surface area contributed by atoms with Gasteiger partial charge < -0.3 is 9.64 Å². The summed E-state index contributed by atoms with van der Waals surface area (Å²) < 4.78 is 7.18. The number of fused-ring (bicyclic) bond motifs is 1. The summed E-state index contributed by atoms with van der Waals surface area (Å²) in [7, 11) is 1.86. The molecule has 6 heteroatoms. The van der Waals surface area contributed by atoms with Crippen molar-refractivity contribution in [2.24, 2.45) is 13.0 Å². The van der Waals surface area contributed by atoms with Crippen LogP contribution < -0.4 is 0 Å². The molecular formula is C17H24N4O2. The van der Waals surface area contributed by atoms with Crippen LogP contribution in [0, 0.1) is 19.8 Å². The fourth-order valence-electron chi connectivity index (χ4n) is 3.30. The highest BCUT2D eigenvalue weighted by atomic mass is 16.5.